The second kappa shape index (κ2) is 6.35. The molecular formula is C10H15BrN2OS. The number of rotatable bonds is 5. The SMILES string of the molecule is CC(CN)CS(=O)Cc1cncc(Br)c1. The lowest BCUT2D eigenvalue weighted by Crippen LogP contribution is -2.18. The van der Waals surface area contributed by atoms with Crippen LogP contribution in [0.1, 0.15) is 12.5 Å². The van der Waals surface area contributed by atoms with Crippen LogP contribution >= 0.6 is 15.9 Å². The molecule has 15 heavy (non-hydrogen) atoms. The van der Waals surface area contributed by atoms with Gasteiger partial charge in [0.2, 0.25) is 0 Å². The molecular weight excluding hydrogens is 276 g/mol. The fourth-order valence-electron chi connectivity index (χ4n) is 1.16. The van der Waals surface area contributed by atoms with Crippen LogP contribution in [0, 0.1) is 5.92 Å². The first-order chi connectivity index (χ1) is 7.11. The normalized spacial score (nSPS) is 14.9. The zero-order chi connectivity index (χ0) is 11.3. The molecule has 0 aliphatic carbocycles. The van der Waals surface area contributed by atoms with Gasteiger partial charge in [-0.3, -0.25) is 9.19 Å². The Morgan fingerprint density at radius 1 is 1.60 bits per heavy atom. The predicted octanol–water partition coefficient (Wildman–Crippen LogP) is 1.69. The molecule has 0 aliphatic rings. The van der Waals surface area contributed by atoms with Gasteiger partial charge in [-0.1, -0.05) is 6.92 Å². The van der Waals surface area contributed by atoms with Crippen LogP contribution in [0.25, 0.3) is 0 Å². The van der Waals surface area contributed by atoms with E-state index >= 15 is 0 Å². The van der Waals surface area contributed by atoms with Crippen molar-refractivity contribution in [3.8, 4) is 0 Å². The molecule has 0 saturated carbocycles. The van der Waals surface area contributed by atoms with Gasteiger partial charge in [0, 0.05) is 33.4 Å². The quantitative estimate of drug-likeness (QED) is 0.898. The molecule has 3 nitrogen and oxygen atoms in total. The number of hydrogen-bond acceptors (Lipinski definition) is 3. The molecule has 1 aromatic heterocycles. The second-order valence-corrected chi connectivity index (χ2v) is 6.02. The lowest BCUT2D eigenvalue weighted by atomic mass is 10.2. The number of nitrogens with two attached hydrogens (primary N) is 1. The Morgan fingerprint density at radius 2 is 2.33 bits per heavy atom. The molecule has 0 amide bonds. The topological polar surface area (TPSA) is 56.0 Å². The van der Waals surface area contributed by atoms with E-state index in [1.807, 2.05) is 13.0 Å². The van der Waals surface area contributed by atoms with E-state index in [0.717, 1.165) is 10.0 Å². The van der Waals surface area contributed by atoms with Crippen LogP contribution in [0.5, 0.6) is 0 Å². The fraction of sp³-hybridized carbons (Fsp3) is 0.500. The summed E-state index contributed by atoms with van der Waals surface area (Å²) in [5, 5.41) is 0. The molecule has 1 rings (SSSR count). The molecule has 2 unspecified atom stereocenters. The maximum Gasteiger partial charge on any atom is 0.0501 e. The van der Waals surface area contributed by atoms with Crippen LogP contribution in [-0.4, -0.2) is 21.5 Å². The average molecular weight is 291 g/mol. The largest absolute Gasteiger partial charge is 0.330 e. The lowest BCUT2D eigenvalue weighted by molar-refractivity contribution is 0.640. The minimum absolute atomic E-state index is 0.311. The van der Waals surface area contributed by atoms with Gasteiger partial charge in [0.1, 0.15) is 0 Å². The van der Waals surface area contributed by atoms with Gasteiger partial charge in [0.05, 0.1) is 5.75 Å². The highest BCUT2D eigenvalue weighted by Crippen LogP contribution is 2.12. The minimum Gasteiger partial charge on any atom is -0.330 e. The monoisotopic (exact) mass is 290 g/mol. The van der Waals surface area contributed by atoms with E-state index in [0.29, 0.717) is 24.0 Å². The standard InChI is InChI=1S/C10H15BrN2OS/c1-8(3-12)6-15(14)7-9-2-10(11)5-13-4-9/h2,4-5,8H,3,6-7,12H2,1H3. The molecule has 0 fully saturated rings. The first-order valence-corrected chi connectivity index (χ1v) is 7.04. The third-order valence-electron chi connectivity index (χ3n) is 1.96. The second-order valence-electron chi connectivity index (χ2n) is 3.60. The van der Waals surface area contributed by atoms with Gasteiger partial charge in [-0.2, -0.15) is 0 Å². The molecule has 0 saturated heterocycles. The first-order valence-electron chi connectivity index (χ1n) is 4.76. The first kappa shape index (κ1) is 12.8. The zero-order valence-electron chi connectivity index (χ0n) is 8.65. The number of pyridine rings is 1. The summed E-state index contributed by atoms with van der Waals surface area (Å²) in [6, 6.07) is 1.94. The Balaban J connectivity index is 2.51. The van der Waals surface area contributed by atoms with Crippen molar-refractivity contribution in [1.82, 2.24) is 4.98 Å². The fourth-order valence-corrected chi connectivity index (χ4v) is 3.00. The molecule has 0 aliphatic heterocycles. The summed E-state index contributed by atoms with van der Waals surface area (Å²) in [6.07, 6.45) is 3.46. The summed E-state index contributed by atoms with van der Waals surface area (Å²) in [5.74, 6) is 1.52. The van der Waals surface area contributed by atoms with Crippen LogP contribution in [-0.2, 0) is 16.6 Å². The Bertz CT molecular complexity index is 346. The third kappa shape index (κ3) is 4.86. The number of halogens is 1. The van der Waals surface area contributed by atoms with Crippen molar-refractivity contribution in [2.45, 2.75) is 12.7 Å². The zero-order valence-corrected chi connectivity index (χ0v) is 11.1. The van der Waals surface area contributed by atoms with E-state index in [1.165, 1.54) is 0 Å². The van der Waals surface area contributed by atoms with Crippen LogP contribution in [0.15, 0.2) is 22.9 Å². The maximum absolute atomic E-state index is 11.7. The van der Waals surface area contributed by atoms with E-state index in [9.17, 15) is 4.21 Å². The molecule has 0 spiro atoms. The van der Waals surface area contributed by atoms with Crippen LogP contribution < -0.4 is 5.73 Å². The summed E-state index contributed by atoms with van der Waals surface area (Å²) in [6.45, 7) is 2.60. The minimum atomic E-state index is -0.850. The van der Waals surface area contributed by atoms with Crippen molar-refractivity contribution < 1.29 is 4.21 Å². The Labute approximate surface area is 101 Å². The van der Waals surface area contributed by atoms with Gasteiger partial charge in [-0.25, -0.2) is 0 Å². The van der Waals surface area contributed by atoms with E-state index in [-0.39, 0.29) is 0 Å². The van der Waals surface area contributed by atoms with Gasteiger partial charge in [-0.15, -0.1) is 0 Å². The summed E-state index contributed by atoms with van der Waals surface area (Å²) in [7, 11) is -0.850. The van der Waals surface area contributed by atoms with Gasteiger partial charge < -0.3 is 5.73 Å². The van der Waals surface area contributed by atoms with Crippen molar-refractivity contribution in [3.05, 3.63) is 28.5 Å². The Hall–Kier alpha value is -0.260. The highest BCUT2D eigenvalue weighted by molar-refractivity contribution is 9.10. The van der Waals surface area contributed by atoms with Gasteiger partial charge >= 0.3 is 0 Å². The molecule has 0 aromatic carbocycles. The Morgan fingerprint density at radius 3 is 2.93 bits per heavy atom. The van der Waals surface area contributed by atoms with Crippen molar-refractivity contribution in [3.63, 3.8) is 0 Å². The van der Waals surface area contributed by atoms with Crippen LogP contribution in [0.4, 0.5) is 0 Å². The maximum atomic E-state index is 11.7. The van der Waals surface area contributed by atoms with Crippen molar-refractivity contribution in [1.29, 1.82) is 0 Å². The summed E-state index contributed by atoms with van der Waals surface area (Å²) in [4.78, 5) is 4.03. The molecule has 2 atom stereocenters. The molecule has 0 bridgehead atoms. The van der Waals surface area contributed by atoms with Crippen LogP contribution in [0.3, 0.4) is 0 Å². The smallest absolute Gasteiger partial charge is 0.0501 e. The van der Waals surface area contributed by atoms with Crippen molar-refractivity contribution in [2.75, 3.05) is 12.3 Å². The molecule has 5 heteroatoms. The van der Waals surface area contributed by atoms with E-state index in [1.54, 1.807) is 12.4 Å². The number of aromatic nitrogens is 1. The molecule has 1 heterocycles. The highest BCUT2D eigenvalue weighted by atomic mass is 79.9. The number of nitrogens with zero attached hydrogens (tertiary/aromatic N) is 1. The predicted molar refractivity (Wildman–Crippen MR) is 66.9 cm³/mol. The summed E-state index contributed by atoms with van der Waals surface area (Å²) >= 11 is 3.34. The molecule has 84 valence electrons. The van der Waals surface area contributed by atoms with E-state index in [2.05, 4.69) is 20.9 Å². The molecule has 1 aromatic rings. The van der Waals surface area contributed by atoms with Gasteiger partial charge in [-0.05, 0) is 40.0 Å². The summed E-state index contributed by atoms with van der Waals surface area (Å²) < 4.78 is 12.6. The molecule has 0 radical (unpaired) electrons. The summed E-state index contributed by atoms with van der Waals surface area (Å²) in [5.41, 5.74) is 6.48. The lowest BCUT2D eigenvalue weighted by Gasteiger charge is -2.07. The van der Waals surface area contributed by atoms with Gasteiger partial charge in [0.15, 0.2) is 0 Å². The van der Waals surface area contributed by atoms with Gasteiger partial charge in [0.25, 0.3) is 0 Å². The van der Waals surface area contributed by atoms with E-state index in [4.69, 9.17) is 5.73 Å². The van der Waals surface area contributed by atoms with Crippen molar-refractivity contribution >= 4 is 26.7 Å². The number of hydrogen-bond donors (Lipinski definition) is 1. The van der Waals surface area contributed by atoms with Crippen molar-refractivity contribution in [2.24, 2.45) is 11.7 Å². The van der Waals surface area contributed by atoms with Crippen LogP contribution in [0.2, 0.25) is 0 Å². The average Bonchev–Trinajstić information content (AvgIpc) is 2.17. The third-order valence-corrected chi connectivity index (χ3v) is 3.99. The molecule has 2 N–H and O–H groups in total. The highest BCUT2D eigenvalue weighted by Gasteiger charge is 2.07. The Kier molecular flexibility index (Phi) is 5.42. The van der Waals surface area contributed by atoms with E-state index < -0.39 is 10.8 Å².